The Hall–Kier alpha value is -1.80. The quantitative estimate of drug-likeness (QED) is 0.792. The van der Waals surface area contributed by atoms with E-state index in [1.807, 2.05) is 0 Å². The van der Waals surface area contributed by atoms with Crippen LogP contribution in [0.2, 0.25) is 10.0 Å². The van der Waals surface area contributed by atoms with Crippen LogP contribution in [0.25, 0.3) is 0 Å². The lowest BCUT2D eigenvalue weighted by Gasteiger charge is -2.09. The summed E-state index contributed by atoms with van der Waals surface area (Å²) in [6, 6.07) is 10.7. The van der Waals surface area contributed by atoms with Gasteiger partial charge in [-0.05, 0) is 29.8 Å². The summed E-state index contributed by atoms with van der Waals surface area (Å²) < 4.78 is 27.9. The van der Waals surface area contributed by atoms with Gasteiger partial charge in [-0.25, -0.2) is 13.6 Å². The first-order chi connectivity index (χ1) is 11.3. The van der Waals surface area contributed by atoms with Gasteiger partial charge in [0.05, 0.1) is 9.92 Å². The van der Waals surface area contributed by atoms with Crippen LogP contribution in [-0.4, -0.2) is 20.9 Å². The third kappa shape index (κ3) is 5.38. The fraction of sp³-hybridized carbons (Fsp3) is 0.133. The Balaban J connectivity index is 1.91. The first-order valence-electron chi connectivity index (χ1n) is 6.72. The number of carbonyl (C=O) groups is 1. The molecule has 0 aliphatic heterocycles. The number of hydrogen-bond donors (Lipinski definition) is 2. The Morgan fingerprint density at radius 2 is 1.92 bits per heavy atom. The SMILES string of the molecule is NS(=O)(=O)c1cccc(CNC(=O)COc2cc(Cl)ccc2Cl)c1. The Bertz CT molecular complexity index is 856. The molecule has 0 bridgehead atoms. The second-order valence-corrected chi connectivity index (χ2v) is 7.24. The van der Waals surface area contributed by atoms with Crippen LogP contribution in [-0.2, 0) is 21.4 Å². The van der Waals surface area contributed by atoms with Crippen LogP contribution in [0.1, 0.15) is 5.56 Å². The highest BCUT2D eigenvalue weighted by Crippen LogP contribution is 2.27. The van der Waals surface area contributed by atoms with Crippen molar-refractivity contribution in [3.63, 3.8) is 0 Å². The molecule has 0 atom stereocenters. The van der Waals surface area contributed by atoms with Crippen LogP contribution in [0.15, 0.2) is 47.4 Å². The first-order valence-corrected chi connectivity index (χ1v) is 9.02. The van der Waals surface area contributed by atoms with Crippen molar-refractivity contribution in [1.82, 2.24) is 5.32 Å². The zero-order valence-corrected chi connectivity index (χ0v) is 14.7. The van der Waals surface area contributed by atoms with Gasteiger partial charge in [-0.1, -0.05) is 35.3 Å². The summed E-state index contributed by atoms with van der Waals surface area (Å²) in [4.78, 5) is 11.8. The normalized spacial score (nSPS) is 11.1. The van der Waals surface area contributed by atoms with Crippen LogP contribution < -0.4 is 15.2 Å². The Labute approximate surface area is 149 Å². The predicted molar refractivity (Wildman–Crippen MR) is 91.6 cm³/mol. The summed E-state index contributed by atoms with van der Waals surface area (Å²) in [5.74, 6) is -0.0948. The largest absolute Gasteiger partial charge is 0.482 e. The molecular weight excluding hydrogens is 375 g/mol. The lowest BCUT2D eigenvalue weighted by molar-refractivity contribution is -0.123. The molecule has 0 fully saturated rings. The topological polar surface area (TPSA) is 98.5 Å². The number of primary sulfonamides is 1. The molecule has 0 spiro atoms. The van der Waals surface area contributed by atoms with Gasteiger partial charge in [-0.3, -0.25) is 4.79 Å². The van der Waals surface area contributed by atoms with Crippen LogP contribution >= 0.6 is 23.2 Å². The average molecular weight is 389 g/mol. The van der Waals surface area contributed by atoms with E-state index in [9.17, 15) is 13.2 Å². The molecule has 128 valence electrons. The van der Waals surface area contributed by atoms with Gasteiger partial charge in [0.2, 0.25) is 10.0 Å². The number of rotatable bonds is 6. The molecule has 0 saturated heterocycles. The van der Waals surface area contributed by atoms with E-state index in [1.165, 1.54) is 18.2 Å². The maximum absolute atomic E-state index is 11.8. The summed E-state index contributed by atoms with van der Waals surface area (Å²) in [7, 11) is -3.78. The number of nitrogens with one attached hydrogen (secondary N) is 1. The second-order valence-electron chi connectivity index (χ2n) is 4.83. The summed E-state index contributed by atoms with van der Waals surface area (Å²) in [6.45, 7) is -0.121. The lowest BCUT2D eigenvalue weighted by atomic mass is 10.2. The third-order valence-corrected chi connectivity index (χ3v) is 4.43. The van der Waals surface area contributed by atoms with Gasteiger partial charge < -0.3 is 10.1 Å². The zero-order valence-electron chi connectivity index (χ0n) is 12.3. The molecule has 6 nitrogen and oxygen atoms in total. The molecule has 0 heterocycles. The molecule has 2 aromatic carbocycles. The number of carbonyl (C=O) groups excluding carboxylic acids is 1. The van der Waals surface area contributed by atoms with Crippen molar-refractivity contribution in [2.45, 2.75) is 11.4 Å². The Kier molecular flexibility index (Phi) is 6.06. The monoisotopic (exact) mass is 388 g/mol. The van der Waals surface area contributed by atoms with Gasteiger partial charge in [0.25, 0.3) is 5.91 Å². The fourth-order valence-electron chi connectivity index (χ4n) is 1.82. The maximum Gasteiger partial charge on any atom is 0.258 e. The van der Waals surface area contributed by atoms with Crippen molar-refractivity contribution in [1.29, 1.82) is 0 Å². The number of nitrogens with two attached hydrogens (primary N) is 1. The molecule has 2 aromatic rings. The van der Waals surface area contributed by atoms with E-state index in [4.69, 9.17) is 33.1 Å². The summed E-state index contributed by atoms with van der Waals surface area (Å²) in [6.07, 6.45) is 0. The van der Waals surface area contributed by atoms with Gasteiger partial charge in [-0.15, -0.1) is 0 Å². The number of hydrogen-bond acceptors (Lipinski definition) is 4. The summed E-state index contributed by atoms with van der Waals surface area (Å²) >= 11 is 11.8. The van der Waals surface area contributed by atoms with Gasteiger partial charge in [-0.2, -0.15) is 0 Å². The van der Waals surface area contributed by atoms with Crippen molar-refractivity contribution < 1.29 is 17.9 Å². The summed E-state index contributed by atoms with van der Waals surface area (Å²) in [5.41, 5.74) is 0.593. The van der Waals surface area contributed by atoms with Crippen LogP contribution in [0.3, 0.4) is 0 Å². The van der Waals surface area contributed by atoms with Crippen LogP contribution in [0.4, 0.5) is 0 Å². The molecule has 0 aliphatic carbocycles. The molecule has 0 aromatic heterocycles. The van der Waals surface area contributed by atoms with E-state index in [-0.39, 0.29) is 18.0 Å². The Morgan fingerprint density at radius 1 is 1.17 bits per heavy atom. The van der Waals surface area contributed by atoms with E-state index >= 15 is 0 Å². The molecule has 9 heteroatoms. The smallest absolute Gasteiger partial charge is 0.258 e. The number of ether oxygens (including phenoxy) is 1. The number of benzene rings is 2. The minimum Gasteiger partial charge on any atom is -0.482 e. The predicted octanol–water partition coefficient (Wildman–Crippen LogP) is 2.34. The van der Waals surface area contributed by atoms with Gasteiger partial charge in [0.15, 0.2) is 6.61 Å². The molecule has 3 N–H and O–H groups in total. The highest BCUT2D eigenvalue weighted by atomic mass is 35.5. The maximum atomic E-state index is 11.8. The highest BCUT2D eigenvalue weighted by molar-refractivity contribution is 7.89. The number of amides is 1. The zero-order chi connectivity index (χ0) is 17.7. The van der Waals surface area contributed by atoms with Crippen LogP contribution in [0, 0.1) is 0 Å². The minimum absolute atomic E-state index is 0.0174. The first kappa shape index (κ1) is 18.5. The molecule has 2 rings (SSSR count). The van der Waals surface area contributed by atoms with Crippen molar-refractivity contribution in [3.8, 4) is 5.75 Å². The van der Waals surface area contributed by atoms with Crippen molar-refractivity contribution in [2.24, 2.45) is 5.14 Å². The van der Waals surface area contributed by atoms with Crippen molar-refractivity contribution >= 4 is 39.1 Å². The molecule has 0 unspecified atom stereocenters. The molecule has 0 aliphatic rings. The van der Waals surface area contributed by atoms with E-state index in [1.54, 1.807) is 24.3 Å². The highest BCUT2D eigenvalue weighted by Gasteiger charge is 2.09. The van der Waals surface area contributed by atoms with E-state index in [2.05, 4.69) is 5.32 Å². The van der Waals surface area contributed by atoms with Crippen LogP contribution in [0.5, 0.6) is 5.75 Å². The molecular formula is C15H14Cl2N2O4S. The van der Waals surface area contributed by atoms with E-state index < -0.39 is 15.9 Å². The molecule has 1 amide bonds. The standard InChI is InChI=1S/C15H14Cl2N2O4S/c16-11-4-5-13(17)14(7-11)23-9-15(20)19-8-10-2-1-3-12(6-10)24(18,21)22/h1-7H,8-9H2,(H,19,20)(H2,18,21,22). The van der Waals surface area contributed by atoms with E-state index in [0.717, 1.165) is 0 Å². The van der Waals surface area contributed by atoms with Crippen molar-refractivity contribution in [2.75, 3.05) is 6.61 Å². The van der Waals surface area contributed by atoms with Gasteiger partial charge in [0.1, 0.15) is 5.75 Å². The fourth-order valence-corrected chi connectivity index (χ4v) is 2.73. The van der Waals surface area contributed by atoms with Gasteiger partial charge >= 0.3 is 0 Å². The van der Waals surface area contributed by atoms with Crippen molar-refractivity contribution in [3.05, 3.63) is 58.1 Å². The lowest BCUT2D eigenvalue weighted by Crippen LogP contribution is -2.28. The number of halogens is 2. The Morgan fingerprint density at radius 3 is 2.62 bits per heavy atom. The molecule has 0 radical (unpaired) electrons. The molecule has 24 heavy (non-hydrogen) atoms. The number of sulfonamides is 1. The van der Waals surface area contributed by atoms with E-state index in [0.29, 0.717) is 21.4 Å². The average Bonchev–Trinajstić information content (AvgIpc) is 2.53. The van der Waals surface area contributed by atoms with Gasteiger partial charge in [0, 0.05) is 17.6 Å². The molecule has 0 saturated carbocycles. The summed E-state index contributed by atoms with van der Waals surface area (Å²) in [5, 5.41) is 8.45. The second kappa shape index (κ2) is 7.85. The third-order valence-electron chi connectivity index (χ3n) is 2.97. The minimum atomic E-state index is -3.78.